The summed E-state index contributed by atoms with van der Waals surface area (Å²) in [6.45, 7) is 1.92. The van der Waals surface area contributed by atoms with Crippen LogP contribution in [0.2, 0.25) is 0 Å². The van der Waals surface area contributed by atoms with Gasteiger partial charge in [0.15, 0.2) is 11.7 Å². The highest BCUT2D eigenvalue weighted by Crippen LogP contribution is 2.46. The second-order valence-corrected chi connectivity index (χ2v) is 23.6. The molecule has 12 atom stereocenters. The number of ether oxygens (including phenoxy) is 6. The van der Waals surface area contributed by atoms with Gasteiger partial charge in [0.05, 0.1) is 60.4 Å². The van der Waals surface area contributed by atoms with Gasteiger partial charge in [-0.25, -0.2) is 23.8 Å². The number of nitrogens with two attached hydrogens (primary N) is 1. The molecule has 4 aromatic rings. The lowest BCUT2D eigenvalue weighted by Gasteiger charge is -2.38. The number of carboxylic acids is 1. The van der Waals surface area contributed by atoms with E-state index < -0.39 is 126 Å². The number of aliphatic carboxylic acids is 1. The van der Waals surface area contributed by atoms with Crippen LogP contribution < -0.4 is 42.6 Å². The summed E-state index contributed by atoms with van der Waals surface area (Å²) >= 11 is 0. The minimum atomic E-state index is -2.11. The zero-order valence-corrected chi connectivity index (χ0v) is 49.8. The van der Waals surface area contributed by atoms with Gasteiger partial charge in [0, 0.05) is 79.2 Å². The number of fused-ring (bicyclic) bond motifs is 6. The molecule has 6 aliphatic heterocycles. The first-order chi connectivity index (χ1) is 43.9. The summed E-state index contributed by atoms with van der Waals surface area (Å²) in [7, 11) is 0. The maximum atomic E-state index is 15.6. The van der Waals surface area contributed by atoms with Crippen molar-refractivity contribution >= 4 is 64.4 Å². The highest BCUT2D eigenvalue weighted by Gasteiger charge is 2.50. The standard InChI is InChI=1S/C61H68FN9O21/c1-3-61(86)32-18-39-48-30(21-71(39)56(81)31(32)23-89-59(61)84)47-35(9-8-29-26(2)33(62)19-37(68-48)46(29)47)69-60(85)90-22-27-7-10-40(91-58-51(79)49(77)50(78)54(92-58)57(82)83)28(17-27)20-65-41(72)13-15-64-55(80)36(66-43(74)14-16-70-44(75)11-12-45(70)76)5-4-6-42(73)67-38-25-88-52-34(63)24-87-53(38)52/h7,10-12,17-19,34-36,38,49-54,58,77-79,86H,3-6,8-9,13-16,20-25,63H2,1-2H3,(H,64,80)(H,65,72)(H,66,74)(H,67,73)(H,69,85)(H,82,83)/t34-,35-,36-,38-,49-,50-,51+,52+,53+,54-,58+,61-/m0/s1. The van der Waals surface area contributed by atoms with Gasteiger partial charge in [-0.1, -0.05) is 13.0 Å². The zero-order chi connectivity index (χ0) is 65.6. The molecule has 2 aromatic heterocycles. The Kier molecular flexibility index (Phi) is 18.6. The number of rotatable bonds is 22. The van der Waals surface area contributed by atoms with Crippen molar-refractivity contribution in [2.24, 2.45) is 5.73 Å². The normalized spacial score (nSPS) is 26.1. The number of carbonyl (C=O) groups excluding carboxylic acids is 8. The molecular weight excluding hydrogens is 1210 g/mol. The Bertz CT molecular complexity index is 3790. The van der Waals surface area contributed by atoms with Crippen LogP contribution in [0.1, 0.15) is 102 Å². The molecule has 11 rings (SSSR count). The third-order valence-corrected chi connectivity index (χ3v) is 17.8. The number of carbonyl (C=O) groups is 9. The molecule has 0 saturated carbocycles. The van der Waals surface area contributed by atoms with E-state index in [0.717, 1.165) is 17.1 Å². The molecule has 30 nitrogen and oxygen atoms in total. The number of cyclic esters (lactones) is 1. The highest BCUT2D eigenvalue weighted by molar-refractivity contribution is 6.13. The summed E-state index contributed by atoms with van der Waals surface area (Å²) < 4.78 is 50.7. The first-order valence-electron chi connectivity index (χ1n) is 30.1. The molecule has 3 saturated heterocycles. The first kappa shape index (κ1) is 64.7. The Morgan fingerprint density at radius 3 is 2.40 bits per heavy atom. The summed E-state index contributed by atoms with van der Waals surface area (Å²) in [6, 6.07) is 4.19. The number of aryl methyl sites for hydroxylation is 1. The minimum Gasteiger partial charge on any atom is -0.479 e. The quantitative estimate of drug-likeness (QED) is 0.0275. The van der Waals surface area contributed by atoms with Crippen molar-refractivity contribution in [3.05, 3.63) is 103 Å². The minimum absolute atomic E-state index is 0.0258. The molecule has 8 heterocycles. The number of pyridine rings is 2. The predicted octanol–water partition coefficient (Wildman–Crippen LogP) is -1.59. The second-order valence-electron chi connectivity index (χ2n) is 23.6. The number of nitrogens with zero attached hydrogens (tertiary/aromatic N) is 3. The first-order valence-corrected chi connectivity index (χ1v) is 30.1. The van der Waals surface area contributed by atoms with Gasteiger partial charge in [0.25, 0.3) is 17.4 Å². The number of aliphatic hydroxyl groups is 4. The number of hydrogen-bond donors (Lipinski definition) is 11. The van der Waals surface area contributed by atoms with Gasteiger partial charge < -0.3 is 90.8 Å². The van der Waals surface area contributed by atoms with E-state index in [9.17, 15) is 73.5 Å². The fourth-order valence-electron chi connectivity index (χ4n) is 12.8. The maximum Gasteiger partial charge on any atom is 0.407 e. The van der Waals surface area contributed by atoms with Crippen LogP contribution in [-0.4, -0.2) is 181 Å². The van der Waals surface area contributed by atoms with Crippen LogP contribution in [0.15, 0.2) is 47.3 Å². The van der Waals surface area contributed by atoms with Gasteiger partial charge in [0.2, 0.25) is 29.9 Å². The molecule has 7 amide bonds. The number of amides is 7. The maximum absolute atomic E-state index is 15.6. The Morgan fingerprint density at radius 2 is 1.65 bits per heavy atom. The molecule has 1 aliphatic carbocycles. The van der Waals surface area contributed by atoms with Gasteiger partial charge in [-0.15, -0.1) is 0 Å². The number of nitrogens with one attached hydrogen (secondary N) is 5. The van der Waals surface area contributed by atoms with E-state index >= 15 is 4.39 Å². The average molecular weight is 1280 g/mol. The molecule has 0 spiro atoms. The number of esters is 1. The van der Waals surface area contributed by atoms with Crippen molar-refractivity contribution in [3.8, 4) is 17.1 Å². The number of halogens is 1. The number of alkyl carbamates (subject to hydrolysis) is 1. The molecule has 0 unspecified atom stereocenters. The predicted molar refractivity (Wildman–Crippen MR) is 310 cm³/mol. The third-order valence-electron chi connectivity index (χ3n) is 17.8. The van der Waals surface area contributed by atoms with Gasteiger partial charge >= 0.3 is 18.0 Å². The van der Waals surface area contributed by atoms with Crippen molar-refractivity contribution in [1.29, 1.82) is 0 Å². The Hall–Kier alpha value is -8.82. The van der Waals surface area contributed by atoms with Crippen molar-refractivity contribution < 1.29 is 101 Å². The monoisotopic (exact) mass is 1280 g/mol. The SMILES string of the molecule is CC[C@@]1(O)C(=O)OCc2c1cc1n(c2=O)Cc2c-1nc1cc(F)c(C)c3c1c2[C@@H](NC(=O)OCc1ccc(O[C@@H]2O[C@H](C(=O)O)[C@@H](O)[C@H](O)[C@H]2O)c(CNC(=O)CCNC(=O)[C@H](CCCC(=O)N[C@H]2CO[C@H]4[C@@H]2OC[C@@H]4N)NC(=O)CCN2C(=O)C=CC2=O)c1)CC3. The zero-order valence-electron chi connectivity index (χ0n) is 49.8. The molecule has 490 valence electrons. The van der Waals surface area contributed by atoms with Gasteiger partial charge in [-0.05, 0) is 79.5 Å². The fraction of sp³-hybridized carbons (Fsp3) is 0.492. The van der Waals surface area contributed by atoms with Gasteiger partial charge in [-0.3, -0.25) is 38.5 Å². The van der Waals surface area contributed by atoms with E-state index in [1.165, 1.54) is 34.9 Å². The summed E-state index contributed by atoms with van der Waals surface area (Å²) in [6.07, 6.45) is -9.82. The second kappa shape index (κ2) is 26.4. The molecule has 7 aliphatic rings. The highest BCUT2D eigenvalue weighted by atomic mass is 19.1. The molecule has 0 radical (unpaired) electrons. The van der Waals surface area contributed by atoms with E-state index in [1.807, 2.05) is 0 Å². The smallest absolute Gasteiger partial charge is 0.407 e. The number of aromatic nitrogens is 2. The average Bonchev–Trinajstić information content (AvgIpc) is 1.46. The van der Waals surface area contributed by atoms with Crippen LogP contribution in [0.5, 0.6) is 5.75 Å². The van der Waals surface area contributed by atoms with Crippen LogP contribution in [0.25, 0.3) is 22.3 Å². The van der Waals surface area contributed by atoms with Crippen LogP contribution >= 0.6 is 0 Å². The number of carboxylic acid groups (broad SMARTS) is 1. The van der Waals surface area contributed by atoms with Crippen LogP contribution in [0.3, 0.4) is 0 Å². The van der Waals surface area contributed by atoms with E-state index in [2.05, 4.69) is 26.6 Å². The molecule has 0 bridgehead atoms. The van der Waals surface area contributed by atoms with Crippen molar-refractivity contribution in [2.45, 2.75) is 164 Å². The number of benzene rings is 2. The Labute approximate surface area is 521 Å². The topological polar surface area (TPSA) is 434 Å². The lowest BCUT2D eigenvalue weighted by Crippen LogP contribution is -2.61. The van der Waals surface area contributed by atoms with E-state index in [4.69, 9.17) is 39.1 Å². The van der Waals surface area contributed by atoms with Crippen molar-refractivity contribution in [2.75, 3.05) is 26.3 Å². The Balaban J connectivity index is 0.764. The lowest BCUT2D eigenvalue weighted by atomic mass is 9.81. The summed E-state index contributed by atoms with van der Waals surface area (Å²) in [5.74, 6) is -6.91. The summed E-state index contributed by atoms with van der Waals surface area (Å²) in [5, 5.41) is 67.1. The molecular formula is C61H68FN9O21. The van der Waals surface area contributed by atoms with Crippen molar-refractivity contribution in [3.63, 3.8) is 0 Å². The van der Waals surface area contributed by atoms with Gasteiger partial charge in [-0.2, -0.15) is 0 Å². The summed E-state index contributed by atoms with van der Waals surface area (Å²) in [5.41, 5.74) is 6.92. The number of hydrogen-bond acceptors (Lipinski definition) is 22. The number of aliphatic hydroxyl groups excluding tert-OH is 3. The molecule has 3 fully saturated rings. The molecule has 92 heavy (non-hydrogen) atoms. The van der Waals surface area contributed by atoms with Crippen molar-refractivity contribution in [1.82, 2.24) is 41.0 Å². The lowest BCUT2D eigenvalue weighted by molar-refractivity contribution is -0.271. The fourth-order valence-corrected chi connectivity index (χ4v) is 12.8. The van der Waals surface area contributed by atoms with E-state index in [1.54, 1.807) is 13.8 Å². The number of imide groups is 1. The van der Waals surface area contributed by atoms with E-state index in [-0.39, 0.29) is 148 Å². The molecule has 31 heteroatoms. The molecule has 12 N–H and O–H groups in total. The Morgan fingerprint density at radius 1 is 0.891 bits per heavy atom. The molecule has 2 aromatic carbocycles. The summed E-state index contributed by atoms with van der Waals surface area (Å²) in [4.78, 5) is 136. The largest absolute Gasteiger partial charge is 0.479 e. The van der Waals surface area contributed by atoms with Gasteiger partial charge in [0.1, 0.15) is 61.3 Å². The van der Waals surface area contributed by atoms with Crippen LogP contribution in [0.4, 0.5) is 9.18 Å². The third kappa shape index (κ3) is 12.6. The van der Waals surface area contributed by atoms with Crippen LogP contribution in [-0.2, 0) is 100 Å². The van der Waals surface area contributed by atoms with Crippen LogP contribution in [0, 0.1) is 12.7 Å². The van der Waals surface area contributed by atoms with E-state index in [0.29, 0.717) is 39.6 Å².